The van der Waals surface area contributed by atoms with E-state index >= 15 is 0 Å². The summed E-state index contributed by atoms with van der Waals surface area (Å²) in [4.78, 5) is 0. The number of nitrogens with one attached hydrogen (secondary N) is 1. The molecule has 2 rings (SSSR count). The first-order valence-electron chi connectivity index (χ1n) is 8.10. The van der Waals surface area contributed by atoms with Crippen molar-refractivity contribution in [2.75, 3.05) is 6.54 Å². The molecule has 0 atom stereocenters. The standard InChI is InChI=1S/C18H27N3/c1-4-11-19-13-15-7-9-16(10-8-15)14-21-18(6-3)12-17(5-2)20-21/h7-10,12,19H,4-6,11,13-14H2,1-3H3. The minimum absolute atomic E-state index is 0.867. The second-order valence-electron chi connectivity index (χ2n) is 5.49. The molecule has 3 heteroatoms. The van der Waals surface area contributed by atoms with Gasteiger partial charge >= 0.3 is 0 Å². The number of benzene rings is 1. The van der Waals surface area contributed by atoms with E-state index in [9.17, 15) is 0 Å². The molecule has 0 aliphatic rings. The lowest BCUT2D eigenvalue weighted by molar-refractivity contribution is 0.639. The van der Waals surface area contributed by atoms with Gasteiger partial charge in [-0.1, -0.05) is 45.0 Å². The molecule has 0 aliphatic heterocycles. The second kappa shape index (κ2) is 7.99. The number of aryl methyl sites for hydroxylation is 2. The first kappa shape index (κ1) is 15.8. The second-order valence-corrected chi connectivity index (χ2v) is 5.49. The quantitative estimate of drug-likeness (QED) is 0.752. The van der Waals surface area contributed by atoms with Crippen LogP contribution in [-0.4, -0.2) is 16.3 Å². The number of aromatic nitrogens is 2. The molecule has 2 aromatic rings. The largest absolute Gasteiger partial charge is 0.313 e. The Morgan fingerprint density at radius 3 is 2.33 bits per heavy atom. The maximum atomic E-state index is 4.68. The molecule has 0 radical (unpaired) electrons. The SMILES string of the molecule is CCCNCc1ccc(Cn2nc(CC)cc2CC)cc1. The zero-order valence-corrected chi connectivity index (χ0v) is 13.5. The molecular weight excluding hydrogens is 258 g/mol. The van der Waals surface area contributed by atoms with Crippen molar-refractivity contribution in [2.24, 2.45) is 0 Å². The molecule has 0 saturated carbocycles. The maximum absolute atomic E-state index is 4.68. The van der Waals surface area contributed by atoms with Crippen LogP contribution in [0.2, 0.25) is 0 Å². The molecule has 0 amide bonds. The number of nitrogens with zero attached hydrogens (tertiary/aromatic N) is 2. The highest BCUT2D eigenvalue weighted by atomic mass is 15.3. The first-order chi connectivity index (χ1) is 10.3. The summed E-state index contributed by atoms with van der Waals surface area (Å²) in [5, 5.41) is 8.11. The third kappa shape index (κ3) is 4.43. The fraction of sp³-hybridized carbons (Fsp3) is 0.500. The summed E-state index contributed by atoms with van der Waals surface area (Å²) in [6, 6.07) is 11.1. The van der Waals surface area contributed by atoms with Gasteiger partial charge in [0.2, 0.25) is 0 Å². The van der Waals surface area contributed by atoms with Gasteiger partial charge in [0.1, 0.15) is 0 Å². The van der Waals surface area contributed by atoms with Gasteiger partial charge in [-0.15, -0.1) is 0 Å². The summed E-state index contributed by atoms with van der Waals surface area (Å²) < 4.78 is 2.14. The van der Waals surface area contributed by atoms with Gasteiger partial charge in [-0.3, -0.25) is 4.68 Å². The van der Waals surface area contributed by atoms with Crippen LogP contribution < -0.4 is 5.32 Å². The number of rotatable bonds is 8. The lowest BCUT2D eigenvalue weighted by Gasteiger charge is -2.08. The Labute approximate surface area is 128 Å². The molecule has 0 bridgehead atoms. The van der Waals surface area contributed by atoms with Crippen LogP contribution in [-0.2, 0) is 25.9 Å². The maximum Gasteiger partial charge on any atom is 0.0662 e. The predicted octanol–water partition coefficient (Wildman–Crippen LogP) is 3.56. The van der Waals surface area contributed by atoms with Gasteiger partial charge in [0, 0.05) is 12.2 Å². The van der Waals surface area contributed by atoms with Crippen molar-refractivity contribution in [1.29, 1.82) is 0 Å². The summed E-state index contributed by atoms with van der Waals surface area (Å²) in [6.07, 6.45) is 3.21. The third-order valence-corrected chi connectivity index (χ3v) is 3.75. The van der Waals surface area contributed by atoms with Crippen LogP contribution in [0.1, 0.15) is 49.7 Å². The van der Waals surface area contributed by atoms with Crippen molar-refractivity contribution < 1.29 is 0 Å². The highest BCUT2D eigenvalue weighted by Crippen LogP contribution is 2.11. The summed E-state index contributed by atoms with van der Waals surface area (Å²) in [7, 11) is 0. The zero-order valence-electron chi connectivity index (χ0n) is 13.5. The van der Waals surface area contributed by atoms with Crippen LogP contribution >= 0.6 is 0 Å². The van der Waals surface area contributed by atoms with Gasteiger partial charge in [0.05, 0.1) is 12.2 Å². The molecule has 0 aliphatic carbocycles. The topological polar surface area (TPSA) is 29.9 Å². The van der Waals surface area contributed by atoms with E-state index in [-0.39, 0.29) is 0 Å². The smallest absolute Gasteiger partial charge is 0.0662 e. The Morgan fingerprint density at radius 1 is 1.00 bits per heavy atom. The van der Waals surface area contributed by atoms with Gasteiger partial charge in [-0.25, -0.2) is 0 Å². The molecule has 114 valence electrons. The monoisotopic (exact) mass is 285 g/mol. The fourth-order valence-electron chi connectivity index (χ4n) is 2.45. The molecule has 1 aromatic carbocycles. The van der Waals surface area contributed by atoms with E-state index in [4.69, 9.17) is 0 Å². The predicted molar refractivity (Wildman–Crippen MR) is 88.5 cm³/mol. The Morgan fingerprint density at radius 2 is 1.71 bits per heavy atom. The van der Waals surface area contributed by atoms with E-state index in [0.29, 0.717) is 0 Å². The van der Waals surface area contributed by atoms with Crippen molar-refractivity contribution in [1.82, 2.24) is 15.1 Å². The fourth-order valence-corrected chi connectivity index (χ4v) is 2.45. The van der Waals surface area contributed by atoms with E-state index in [0.717, 1.165) is 32.5 Å². The Balaban J connectivity index is 2.01. The van der Waals surface area contributed by atoms with E-state index in [2.05, 4.69) is 66.2 Å². The molecule has 0 saturated heterocycles. The molecule has 0 unspecified atom stereocenters. The lowest BCUT2D eigenvalue weighted by Crippen LogP contribution is -2.13. The zero-order chi connectivity index (χ0) is 15.1. The van der Waals surface area contributed by atoms with Gasteiger partial charge in [0.15, 0.2) is 0 Å². The Bertz CT molecular complexity index is 540. The third-order valence-electron chi connectivity index (χ3n) is 3.75. The summed E-state index contributed by atoms with van der Waals surface area (Å²) >= 11 is 0. The normalized spacial score (nSPS) is 11.0. The van der Waals surface area contributed by atoms with Crippen molar-refractivity contribution >= 4 is 0 Å². The highest BCUT2D eigenvalue weighted by Gasteiger charge is 2.05. The highest BCUT2D eigenvalue weighted by molar-refractivity contribution is 5.23. The van der Waals surface area contributed by atoms with Crippen molar-refractivity contribution in [3.05, 3.63) is 52.8 Å². The van der Waals surface area contributed by atoms with Crippen LogP contribution in [0.5, 0.6) is 0 Å². The molecule has 3 nitrogen and oxygen atoms in total. The van der Waals surface area contributed by atoms with Crippen LogP contribution in [0.15, 0.2) is 30.3 Å². The van der Waals surface area contributed by atoms with Crippen LogP contribution in [0.3, 0.4) is 0 Å². The average Bonchev–Trinajstić information content (AvgIpc) is 2.91. The summed E-state index contributed by atoms with van der Waals surface area (Å²) in [5.41, 5.74) is 5.17. The Hall–Kier alpha value is -1.61. The minimum Gasteiger partial charge on any atom is -0.313 e. The average molecular weight is 285 g/mol. The molecule has 1 aromatic heterocycles. The number of hydrogen-bond donors (Lipinski definition) is 1. The minimum atomic E-state index is 0.867. The number of hydrogen-bond acceptors (Lipinski definition) is 2. The van der Waals surface area contributed by atoms with Gasteiger partial charge in [-0.05, 0) is 43.0 Å². The molecule has 1 N–H and O–H groups in total. The molecular formula is C18H27N3. The summed E-state index contributed by atoms with van der Waals surface area (Å²) in [5.74, 6) is 0. The van der Waals surface area contributed by atoms with Gasteiger partial charge < -0.3 is 5.32 Å². The van der Waals surface area contributed by atoms with Gasteiger partial charge in [-0.2, -0.15) is 5.10 Å². The van der Waals surface area contributed by atoms with E-state index in [1.165, 1.54) is 28.9 Å². The molecule has 1 heterocycles. The van der Waals surface area contributed by atoms with Crippen molar-refractivity contribution in [2.45, 2.75) is 53.1 Å². The molecule has 0 spiro atoms. The lowest BCUT2D eigenvalue weighted by atomic mass is 10.1. The van der Waals surface area contributed by atoms with Gasteiger partial charge in [0.25, 0.3) is 0 Å². The van der Waals surface area contributed by atoms with Crippen molar-refractivity contribution in [3.63, 3.8) is 0 Å². The van der Waals surface area contributed by atoms with Crippen LogP contribution in [0, 0.1) is 0 Å². The molecule has 21 heavy (non-hydrogen) atoms. The summed E-state index contributed by atoms with van der Waals surface area (Å²) in [6.45, 7) is 9.44. The Kier molecular flexibility index (Phi) is 6.00. The van der Waals surface area contributed by atoms with Crippen LogP contribution in [0.25, 0.3) is 0 Å². The molecule has 0 fully saturated rings. The van der Waals surface area contributed by atoms with Crippen LogP contribution in [0.4, 0.5) is 0 Å². The van der Waals surface area contributed by atoms with Crippen molar-refractivity contribution in [3.8, 4) is 0 Å². The van der Waals surface area contributed by atoms with E-state index in [1.54, 1.807) is 0 Å². The van der Waals surface area contributed by atoms with E-state index < -0.39 is 0 Å². The van der Waals surface area contributed by atoms with E-state index in [1.807, 2.05) is 0 Å². The first-order valence-corrected chi connectivity index (χ1v) is 8.10.